The molecule has 42 valence electrons. The maximum atomic E-state index is 3.74. The first-order chi connectivity index (χ1) is 3.80. The SMILES string of the molecule is [CH2-][n+]1ccccc1C. The van der Waals surface area contributed by atoms with Crippen LogP contribution in [0.3, 0.4) is 0 Å². The highest BCUT2D eigenvalue weighted by molar-refractivity contribution is 4.94. The molecule has 0 amide bonds. The minimum Gasteiger partial charge on any atom is -0.337 e. The van der Waals surface area contributed by atoms with Crippen LogP contribution in [0.15, 0.2) is 24.4 Å². The summed E-state index contributed by atoms with van der Waals surface area (Å²) in [4.78, 5) is 0. The summed E-state index contributed by atoms with van der Waals surface area (Å²) < 4.78 is 1.83. The fourth-order valence-corrected chi connectivity index (χ4v) is 0.562. The summed E-state index contributed by atoms with van der Waals surface area (Å²) >= 11 is 0. The number of rotatable bonds is 0. The van der Waals surface area contributed by atoms with Gasteiger partial charge >= 0.3 is 0 Å². The molecule has 0 saturated carbocycles. The van der Waals surface area contributed by atoms with E-state index in [2.05, 4.69) is 7.05 Å². The Balaban J connectivity index is 3.13. The summed E-state index contributed by atoms with van der Waals surface area (Å²) in [5.41, 5.74) is 1.17. The highest BCUT2D eigenvalue weighted by Gasteiger charge is 1.82. The maximum absolute atomic E-state index is 3.74. The fourth-order valence-electron chi connectivity index (χ4n) is 0.562. The molecule has 0 radical (unpaired) electrons. The zero-order valence-corrected chi connectivity index (χ0v) is 4.96. The van der Waals surface area contributed by atoms with Crippen LogP contribution in [0.25, 0.3) is 0 Å². The summed E-state index contributed by atoms with van der Waals surface area (Å²) in [6.07, 6.45) is 1.93. The smallest absolute Gasteiger partial charge is 0.0785 e. The molecule has 0 aliphatic carbocycles. The molecule has 0 atom stereocenters. The van der Waals surface area contributed by atoms with Gasteiger partial charge in [0.05, 0.1) is 11.9 Å². The van der Waals surface area contributed by atoms with Gasteiger partial charge in [-0.15, -0.1) is 0 Å². The molecule has 0 fully saturated rings. The molecule has 1 nitrogen and oxygen atoms in total. The Labute approximate surface area is 49.6 Å². The molecule has 0 unspecified atom stereocenters. The van der Waals surface area contributed by atoms with Crippen LogP contribution >= 0.6 is 0 Å². The van der Waals surface area contributed by atoms with Crippen molar-refractivity contribution in [3.8, 4) is 0 Å². The van der Waals surface area contributed by atoms with E-state index in [1.54, 1.807) is 0 Å². The second-order valence-corrected chi connectivity index (χ2v) is 1.81. The summed E-state index contributed by atoms with van der Waals surface area (Å²) in [6.45, 7) is 2.02. The molecule has 0 saturated heterocycles. The number of nitrogens with zero attached hydrogens (tertiary/aromatic N) is 1. The number of hydrogen-bond acceptors (Lipinski definition) is 0. The molecule has 1 heteroatoms. The van der Waals surface area contributed by atoms with Gasteiger partial charge in [-0.3, -0.25) is 0 Å². The van der Waals surface area contributed by atoms with E-state index < -0.39 is 0 Å². The zero-order valence-electron chi connectivity index (χ0n) is 4.96. The Morgan fingerprint density at radius 2 is 2.25 bits per heavy atom. The molecular weight excluding hydrogens is 98.1 g/mol. The highest BCUT2D eigenvalue weighted by Crippen LogP contribution is 1.84. The van der Waals surface area contributed by atoms with Crippen molar-refractivity contribution in [1.29, 1.82) is 0 Å². The van der Waals surface area contributed by atoms with Gasteiger partial charge in [0.1, 0.15) is 0 Å². The van der Waals surface area contributed by atoms with Crippen LogP contribution < -0.4 is 4.57 Å². The van der Waals surface area contributed by atoms with Crippen molar-refractivity contribution >= 4 is 0 Å². The molecule has 1 heterocycles. The predicted molar refractivity (Wildman–Crippen MR) is 32.1 cm³/mol. The molecule has 0 aliphatic rings. The Morgan fingerprint density at radius 3 is 2.62 bits per heavy atom. The van der Waals surface area contributed by atoms with Crippen molar-refractivity contribution in [3.63, 3.8) is 0 Å². The predicted octanol–water partition coefficient (Wildman–Crippen LogP) is 0.922. The molecule has 1 rings (SSSR count). The van der Waals surface area contributed by atoms with Crippen molar-refractivity contribution in [2.75, 3.05) is 0 Å². The summed E-state index contributed by atoms with van der Waals surface area (Å²) in [5.74, 6) is 0. The third-order valence-corrected chi connectivity index (χ3v) is 1.17. The summed E-state index contributed by atoms with van der Waals surface area (Å²) in [7, 11) is 3.74. The average Bonchev–Trinajstić information content (AvgIpc) is 1.77. The van der Waals surface area contributed by atoms with E-state index >= 15 is 0 Å². The molecule has 1 aromatic rings. The average molecular weight is 107 g/mol. The van der Waals surface area contributed by atoms with Crippen LogP contribution in [0, 0.1) is 14.0 Å². The van der Waals surface area contributed by atoms with Crippen LogP contribution in [-0.2, 0) is 0 Å². The van der Waals surface area contributed by atoms with Crippen molar-refractivity contribution in [2.45, 2.75) is 6.92 Å². The van der Waals surface area contributed by atoms with E-state index in [4.69, 9.17) is 0 Å². The van der Waals surface area contributed by atoms with E-state index in [9.17, 15) is 0 Å². The Bertz CT molecular complexity index is 160. The van der Waals surface area contributed by atoms with Crippen molar-refractivity contribution in [1.82, 2.24) is 0 Å². The molecular formula is C7H9N. The van der Waals surface area contributed by atoms with E-state index in [-0.39, 0.29) is 0 Å². The van der Waals surface area contributed by atoms with E-state index in [1.165, 1.54) is 5.69 Å². The first-order valence-corrected chi connectivity index (χ1v) is 2.59. The topological polar surface area (TPSA) is 3.88 Å². The number of hydrogen-bond donors (Lipinski definition) is 0. The van der Waals surface area contributed by atoms with Gasteiger partial charge in [-0.05, 0) is 6.92 Å². The monoisotopic (exact) mass is 107 g/mol. The lowest BCUT2D eigenvalue weighted by Crippen LogP contribution is -2.27. The molecule has 0 bridgehead atoms. The zero-order chi connectivity index (χ0) is 5.98. The minimum absolute atomic E-state index is 1.17. The minimum atomic E-state index is 1.17. The molecule has 0 N–H and O–H groups in total. The van der Waals surface area contributed by atoms with Gasteiger partial charge < -0.3 is 4.57 Å². The van der Waals surface area contributed by atoms with Gasteiger partial charge in [-0.25, -0.2) is 0 Å². The van der Waals surface area contributed by atoms with Crippen LogP contribution in [-0.4, -0.2) is 0 Å². The third kappa shape index (κ3) is 0.808. The van der Waals surface area contributed by atoms with Crippen LogP contribution in [0.4, 0.5) is 0 Å². The Morgan fingerprint density at radius 1 is 1.50 bits per heavy atom. The van der Waals surface area contributed by atoms with Gasteiger partial charge in [0, 0.05) is 7.05 Å². The quantitative estimate of drug-likeness (QED) is 0.343. The normalized spacial score (nSPS) is 9.12. The number of aromatic nitrogens is 1. The second-order valence-electron chi connectivity index (χ2n) is 1.81. The van der Waals surface area contributed by atoms with Crippen molar-refractivity contribution in [3.05, 3.63) is 37.1 Å². The van der Waals surface area contributed by atoms with Crippen LogP contribution in [0.5, 0.6) is 0 Å². The number of pyridine rings is 1. The Hall–Kier alpha value is -0.980. The summed E-state index contributed by atoms with van der Waals surface area (Å²) in [6, 6.07) is 5.98. The summed E-state index contributed by atoms with van der Waals surface area (Å²) in [5, 5.41) is 0. The lowest BCUT2D eigenvalue weighted by atomic mass is 10.4. The van der Waals surface area contributed by atoms with Gasteiger partial charge in [0.25, 0.3) is 0 Å². The second kappa shape index (κ2) is 1.86. The van der Waals surface area contributed by atoms with E-state index in [1.807, 2.05) is 35.9 Å². The molecule has 0 aromatic carbocycles. The first kappa shape index (κ1) is 5.16. The van der Waals surface area contributed by atoms with Crippen LogP contribution in [0.2, 0.25) is 0 Å². The molecule has 0 spiro atoms. The Kier molecular flexibility index (Phi) is 1.20. The third-order valence-electron chi connectivity index (χ3n) is 1.17. The molecule has 0 aliphatic heterocycles. The van der Waals surface area contributed by atoms with E-state index in [0.717, 1.165) is 0 Å². The van der Waals surface area contributed by atoms with Crippen LogP contribution in [0.1, 0.15) is 5.69 Å². The lowest BCUT2D eigenvalue weighted by Gasteiger charge is -1.96. The standard InChI is InChI=1S/C7H9N/c1-7-5-3-4-6-8(7)2/h3-6H,2H2,1H3. The van der Waals surface area contributed by atoms with Gasteiger partial charge in [0.15, 0.2) is 0 Å². The largest absolute Gasteiger partial charge is 0.337 e. The van der Waals surface area contributed by atoms with Gasteiger partial charge in [-0.1, -0.05) is 18.2 Å². The molecule has 1 aromatic heterocycles. The fraction of sp³-hybridized carbons (Fsp3) is 0.143. The lowest BCUT2D eigenvalue weighted by molar-refractivity contribution is -0.619. The van der Waals surface area contributed by atoms with Crippen molar-refractivity contribution < 1.29 is 4.57 Å². The van der Waals surface area contributed by atoms with Gasteiger partial charge in [0.2, 0.25) is 0 Å². The van der Waals surface area contributed by atoms with Gasteiger partial charge in [-0.2, -0.15) is 0 Å². The van der Waals surface area contributed by atoms with Crippen molar-refractivity contribution in [2.24, 2.45) is 0 Å². The molecule has 8 heavy (non-hydrogen) atoms. The highest BCUT2D eigenvalue weighted by atomic mass is 14.9. The first-order valence-electron chi connectivity index (χ1n) is 2.59. The van der Waals surface area contributed by atoms with E-state index in [0.29, 0.717) is 0 Å². The maximum Gasteiger partial charge on any atom is 0.0785 e. The number of aryl methyl sites for hydroxylation is 1.